The van der Waals surface area contributed by atoms with Crippen molar-refractivity contribution in [3.05, 3.63) is 92.1 Å². The van der Waals surface area contributed by atoms with Crippen LogP contribution in [-0.4, -0.2) is 134 Å². The van der Waals surface area contributed by atoms with Crippen molar-refractivity contribution in [3.8, 4) is 0 Å². The largest absolute Gasteiger partial charge is 0.481 e. The number of nitrogens with one attached hydrogen (secondary N) is 2. The number of nitrogen functional groups attached to an aromatic ring is 1. The van der Waals surface area contributed by atoms with Crippen LogP contribution in [0.2, 0.25) is 0 Å². The molecule has 0 saturated carbocycles. The Bertz CT molecular complexity index is 2860. The van der Waals surface area contributed by atoms with E-state index in [0.717, 1.165) is 30.3 Å². The van der Waals surface area contributed by atoms with Crippen molar-refractivity contribution >= 4 is 61.7 Å². The molecule has 5 aromatic rings. The third-order valence-corrected chi connectivity index (χ3v) is 14.3. The summed E-state index contributed by atoms with van der Waals surface area (Å²) in [7, 11) is -11.1. The molecule has 1 saturated heterocycles. The van der Waals surface area contributed by atoms with Gasteiger partial charge in [0.15, 0.2) is 17.7 Å². The fraction of sp³-hybridized carbons (Fsp3) is 0.436. The van der Waals surface area contributed by atoms with Crippen molar-refractivity contribution in [3.63, 3.8) is 0 Å². The van der Waals surface area contributed by atoms with Crippen LogP contribution in [0, 0.1) is 13.8 Å². The Morgan fingerprint density at radius 1 is 0.970 bits per heavy atom. The fourth-order valence-electron chi connectivity index (χ4n) is 8.19. The summed E-state index contributed by atoms with van der Waals surface area (Å²) in [6.07, 6.45) is -5.95. The minimum atomic E-state index is -5.58. The topological polar surface area (TPSA) is 367 Å². The van der Waals surface area contributed by atoms with Crippen LogP contribution in [0.5, 0.6) is 0 Å². The fourth-order valence-corrected chi connectivity index (χ4v) is 10.3. The van der Waals surface area contributed by atoms with Gasteiger partial charge in [0.25, 0.3) is 5.56 Å². The Morgan fingerprint density at radius 3 is 2.44 bits per heavy atom. The van der Waals surface area contributed by atoms with E-state index in [4.69, 9.17) is 20.0 Å². The molecule has 25 nitrogen and oxygen atoms in total. The molecular formula is C39H48N10O15P2. The molecule has 3 aromatic heterocycles. The zero-order chi connectivity index (χ0) is 47.2. The van der Waals surface area contributed by atoms with Gasteiger partial charge in [0, 0.05) is 19.2 Å². The molecule has 2 unspecified atom stereocenters. The maximum Gasteiger partial charge on any atom is 0.481 e. The molecule has 8 rings (SSSR count). The van der Waals surface area contributed by atoms with Gasteiger partial charge in [-0.15, -0.1) is 0 Å². The number of hydrogen-bond donors (Lipinski definition) is 10. The van der Waals surface area contributed by atoms with Crippen LogP contribution in [0.3, 0.4) is 0 Å². The molecule has 66 heavy (non-hydrogen) atoms. The second-order valence-electron chi connectivity index (χ2n) is 16.0. The predicted octanol–water partition coefficient (Wildman–Crippen LogP) is 0.793. The smallest absolute Gasteiger partial charge is 0.388 e. The van der Waals surface area contributed by atoms with E-state index >= 15 is 0 Å². The van der Waals surface area contributed by atoms with Crippen molar-refractivity contribution in [1.82, 2.24) is 29.5 Å². The van der Waals surface area contributed by atoms with Crippen LogP contribution >= 0.6 is 15.6 Å². The van der Waals surface area contributed by atoms with Crippen molar-refractivity contribution in [2.75, 3.05) is 41.8 Å². The molecule has 0 radical (unpaired) electrons. The summed E-state index contributed by atoms with van der Waals surface area (Å²) < 4.78 is 46.1. The summed E-state index contributed by atoms with van der Waals surface area (Å²) in [4.78, 5) is 71.5. The number of ether oxygens (including phenoxy) is 1. The molecular weight excluding hydrogens is 910 g/mol. The van der Waals surface area contributed by atoms with E-state index < -0.39 is 89.5 Å². The van der Waals surface area contributed by atoms with E-state index in [1.165, 1.54) is 26.9 Å². The molecule has 0 amide bonds. The Balaban J connectivity index is 0.899. The molecule has 0 bridgehead atoms. The average molecular weight is 959 g/mol. The lowest BCUT2D eigenvalue weighted by molar-refractivity contribution is -0.0719. The number of phosphoric acid groups is 2. The van der Waals surface area contributed by atoms with Gasteiger partial charge in [0.2, 0.25) is 0 Å². The highest BCUT2D eigenvalue weighted by molar-refractivity contribution is 7.61. The van der Waals surface area contributed by atoms with E-state index in [2.05, 4.69) is 45.9 Å². The van der Waals surface area contributed by atoms with Crippen molar-refractivity contribution in [2.24, 2.45) is 4.99 Å². The number of aryl methyl sites for hydroxylation is 3. The summed E-state index contributed by atoms with van der Waals surface area (Å²) in [5.41, 5.74) is 9.59. The number of β-amino-alcohol motifs (C(OH)–C–C–N with tert-alkyl or cyclic N) is 1. The highest BCUT2D eigenvalue weighted by Gasteiger charge is 2.46. The van der Waals surface area contributed by atoms with E-state index in [1.54, 1.807) is 11.0 Å². The predicted molar refractivity (Wildman–Crippen MR) is 235 cm³/mol. The second-order valence-corrected chi connectivity index (χ2v) is 19.1. The van der Waals surface area contributed by atoms with Crippen molar-refractivity contribution in [1.29, 1.82) is 0 Å². The number of fused-ring (bicyclic) bond motifs is 4. The molecule has 3 aliphatic rings. The number of phosphoric ester groups is 2. The number of aliphatic hydroxyl groups is 5. The van der Waals surface area contributed by atoms with E-state index in [-0.39, 0.29) is 41.1 Å². The zero-order valence-electron chi connectivity index (χ0n) is 35.3. The quantitative estimate of drug-likeness (QED) is 0.0455. The number of rotatable bonds is 17. The number of H-pyrrole nitrogens is 2. The number of aromatic nitrogens is 6. The third-order valence-electron chi connectivity index (χ3n) is 11.7. The second kappa shape index (κ2) is 18.8. The van der Waals surface area contributed by atoms with Gasteiger partial charge in [-0.3, -0.25) is 33.4 Å². The molecule has 27 heteroatoms. The molecule has 10 atom stereocenters. The van der Waals surface area contributed by atoms with Crippen LogP contribution in [0.25, 0.3) is 11.2 Å². The van der Waals surface area contributed by atoms with Crippen LogP contribution < -0.4 is 26.8 Å². The van der Waals surface area contributed by atoms with E-state index in [1.807, 2.05) is 38.3 Å². The van der Waals surface area contributed by atoms with Crippen LogP contribution in [-0.2, 0) is 33.6 Å². The molecule has 5 heterocycles. The average Bonchev–Trinajstić information content (AvgIpc) is 3.97. The lowest BCUT2D eigenvalue weighted by atomic mass is 10.0. The minimum Gasteiger partial charge on any atom is -0.388 e. The molecule has 11 N–H and O–H groups in total. The summed E-state index contributed by atoms with van der Waals surface area (Å²) in [6.45, 7) is 1.23. The first-order chi connectivity index (χ1) is 31.3. The standard InChI is InChI=1S/C39H48N10O15P2/c1-19-12-24-25(13-20(19)2)48(36-30(37(55)46-39(56)45-36)47(24)11-5-10-41-23-9-8-21-6-3-4-7-22(21)23)14-26(50)31(52)27(51)15-61-65(57,58)64-66(59,60)62-16-28-32(53)33(54)38(63-28)49-18-44-29-34(40)42-17-43-35(29)49/h3-4,6-7,10,12-13,17-18,23,26-28,31-33,38,50-54H,5,8-9,11,14-16H2,1-2H3,(H,57,58)(H,59,60)(H2,40,42,43)(H2,45,46,55,56)/t23-,26+,27-,28-,31+,32-,33-,38-/m1/s1. The zero-order valence-corrected chi connectivity index (χ0v) is 37.1. The Kier molecular flexibility index (Phi) is 13.5. The molecule has 2 aliphatic heterocycles. The van der Waals surface area contributed by atoms with Gasteiger partial charge in [0.05, 0.1) is 43.5 Å². The summed E-state index contributed by atoms with van der Waals surface area (Å²) in [6, 6.07) is 11.7. The van der Waals surface area contributed by atoms with Gasteiger partial charge in [0.1, 0.15) is 60.0 Å². The number of benzene rings is 2. The minimum absolute atomic E-state index is 0.0106. The Morgan fingerprint density at radius 2 is 1.68 bits per heavy atom. The van der Waals surface area contributed by atoms with Crippen LogP contribution in [0.15, 0.2) is 63.6 Å². The lowest BCUT2D eigenvalue weighted by Gasteiger charge is -2.40. The van der Waals surface area contributed by atoms with Crippen LogP contribution in [0.1, 0.15) is 47.4 Å². The van der Waals surface area contributed by atoms with Gasteiger partial charge < -0.3 is 55.6 Å². The number of nitrogens with two attached hydrogens (primary N) is 1. The SMILES string of the molecule is Cc1cc2c(cc1C)N(CCC=N[C@@H]1CCc3ccccc31)c1c([nH]c(=O)[nH]c1=O)N2C[C@H](O)[C@H](O)[C@H](O)COP(=O)(O)OP(=O)(O)OC[C@H]1O[C@@H](n2cnc3c(N)ncnc32)[C@H](O)[C@@H]1O. The van der Waals surface area contributed by atoms with Gasteiger partial charge in [-0.2, -0.15) is 4.31 Å². The molecule has 1 aliphatic carbocycles. The lowest BCUT2D eigenvalue weighted by Crippen LogP contribution is -2.47. The van der Waals surface area contributed by atoms with Gasteiger partial charge >= 0.3 is 21.3 Å². The van der Waals surface area contributed by atoms with Gasteiger partial charge in [-0.1, -0.05) is 24.3 Å². The Hall–Kier alpha value is -5.24. The molecule has 2 aromatic carbocycles. The maximum absolute atomic E-state index is 13.5. The number of anilines is 5. The van der Waals surface area contributed by atoms with Gasteiger partial charge in [-0.05, 0) is 61.1 Å². The van der Waals surface area contributed by atoms with Crippen molar-refractivity contribution < 1.29 is 62.5 Å². The number of imidazole rings is 1. The van der Waals surface area contributed by atoms with Crippen molar-refractivity contribution in [2.45, 2.75) is 82.0 Å². The summed E-state index contributed by atoms with van der Waals surface area (Å²) in [5.74, 6) is 0.00282. The summed E-state index contributed by atoms with van der Waals surface area (Å²) >= 11 is 0. The third kappa shape index (κ3) is 9.62. The number of aliphatic hydroxyl groups excluding tert-OH is 5. The first-order valence-electron chi connectivity index (χ1n) is 20.6. The molecule has 354 valence electrons. The number of hydrogen-bond acceptors (Lipinski definition) is 20. The van der Waals surface area contributed by atoms with E-state index in [9.17, 15) is 54.0 Å². The monoisotopic (exact) mass is 958 g/mol. The number of nitrogens with zero attached hydrogens (tertiary/aromatic N) is 7. The molecule has 0 spiro atoms. The van der Waals surface area contributed by atoms with Crippen LogP contribution in [0.4, 0.5) is 28.7 Å². The number of aliphatic imine (C=N–C) groups is 1. The normalized spacial score (nSPS) is 23.6. The highest BCUT2D eigenvalue weighted by Crippen LogP contribution is 2.60. The highest BCUT2D eigenvalue weighted by atomic mass is 31.3. The first-order valence-corrected chi connectivity index (χ1v) is 23.6. The molecule has 1 fully saturated rings. The summed E-state index contributed by atoms with van der Waals surface area (Å²) in [5, 5.41) is 54.3. The maximum atomic E-state index is 13.5. The first kappa shape index (κ1) is 47.3. The van der Waals surface area contributed by atoms with E-state index in [0.29, 0.717) is 17.8 Å². The Labute approximate surface area is 374 Å². The number of aromatic amines is 2. The van der Waals surface area contributed by atoms with Gasteiger partial charge in [-0.25, -0.2) is 28.9 Å².